The molecule has 0 amide bonds. The molecular weight excluding hydrogens is 90.1 g/mol. The minimum Gasteiger partial charge on any atom is -0.294 e. The Morgan fingerprint density at radius 1 is 2.00 bits per heavy atom. The maximum atomic E-state index is 10.4. The standard InChI is InChI=1S/C5H5NO/c7-5-1-3-6-4-2-5/h1,3-4H,2H2/i2D. The molecule has 1 unspecified atom stereocenters. The van der Waals surface area contributed by atoms with Gasteiger partial charge in [0.2, 0.25) is 0 Å². The molecule has 0 aromatic carbocycles. The third kappa shape index (κ3) is 0.961. The van der Waals surface area contributed by atoms with Gasteiger partial charge in [-0.1, -0.05) is 0 Å². The Morgan fingerprint density at radius 2 is 2.86 bits per heavy atom. The lowest BCUT2D eigenvalue weighted by Gasteiger charge is -1.88. The van der Waals surface area contributed by atoms with E-state index in [9.17, 15) is 4.79 Å². The molecule has 7 heavy (non-hydrogen) atoms. The van der Waals surface area contributed by atoms with Gasteiger partial charge in [-0.3, -0.25) is 9.79 Å². The Morgan fingerprint density at radius 3 is 3.29 bits per heavy atom. The summed E-state index contributed by atoms with van der Waals surface area (Å²) in [6.45, 7) is 0. The summed E-state index contributed by atoms with van der Waals surface area (Å²) in [4.78, 5) is 14.0. The first-order valence-electron chi connectivity index (χ1n) is 2.54. The Bertz CT molecular complexity index is 162. The molecule has 2 nitrogen and oxygen atoms in total. The SMILES string of the molecule is [2H]C1C=NC=CC1=O. The molecule has 0 spiro atoms. The maximum Gasteiger partial charge on any atom is 0.162 e. The van der Waals surface area contributed by atoms with Gasteiger partial charge in [0.15, 0.2) is 5.78 Å². The predicted molar refractivity (Wildman–Crippen MR) is 27.3 cm³/mol. The normalized spacial score (nSPS) is 30.6. The third-order valence-corrected chi connectivity index (χ3v) is 0.650. The van der Waals surface area contributed by atoms with Crippen LogP contribution in [0.5, 0.6) is 0 Å². The van der Waals surface area contributed by atoms with Gasteiger partial charge in [-0.05, 0) is 6.08 Å². The van der Waals surface area contributed by atoms with Crippen molar-refractivity contribution >= 4 is 12.0 Å². The molecule has 0 fully saturated rings. The van der Waals surface area contributed by atoms with Crippen molar-refractivity contribution < 1.29 is 6.17 Å². The molecule has 1 rings (SSSR count). The highest BCUT2D eigenvalue weighted by molar-refractivity contribution is 6.00. The molecule has 36 valence electrons. The van der Waals surface area contributed by atoms with E-state index in [0.717, 1.165) is 0 Å². The van der Waals surface area contributed by atoms with Gasteiger partial charge in [0.1, 0.15) is 0 Å². The second-order valence-electron chi connectivity index (χ2n) is 1.18. The van der Waals surface area contributed by atoms with Crippen molar-refractivity contribution in [3.8, 4) is 0 Å². The van der Waals surface area contributed by atoms with Gasteiger partial charge >= 0.3 is 0 Å². The van der Waals surface area contributed by atoms with Gasteiger partial charge in [-0.25, -0.2) is 0 Å². The molecule has 1 aliphatic heterocycles. The molecule has 0 aromatic heterocycles. The lowest BCUT2D eigenvalue weighted by atomic mass is 10.3. The minimum absolute atomic E-state index is 0.194. The number of carbonyl (C=O) groups excluding carboxylic acids is 1. The molecule has 0 radical (unpaired) electrons. The van der Waals surface area contributed by atoms with Crippen LogP contribution in [0, 0.1) is 0 Å². The van der Waals surface area contributed by atoms with Crippen LogP contribution < -0.4 is 0 Å². The summed E-state index contributed by atoms with van der Waals surface area (Å²) in [5.41, 5.74) is 0. The van der Waals surface area contributed by atoms with Crippen molar-refractivity contribution in [2.24, 2.45) is 4.99 Å². The largest absolute Gasteiger partial charge is 0.294 e. The van der Waals surface area contributed by atoms with Crippen LogP contribution in [0.25, 0.3) is 0 Å². The van der Waals surface area contributed by atoms with Crippen molar-refractivity contribution in [1.82, 2.24) is 0 Å². The lowest BCUT2D eigenvalue weighted by molar-refractivity contribution is -0.113. The molecule has 0 N–H and O–H groups in total. The van der Waals surface area contributed by atoms with Crippen LogP contribution in [-0.4, -0.2) is 12.0 Å². The molecule has 0 aliphatic carbocycles. The van der Waals surface area contributed by atoms with Crippen LogP contribution in [-0.2, 0) is 4.79 Å². The molecular formula is C5H5NO. The smallest absolute Gasteiger partial charge is 0.162 e. The number of allylic oxidation sites excluding steroid dienone is 1. The second kappa shape index (κ2) is 1.69. The van der Waals surface area contributed by atoms with Gasteiger partial charge < -0.3 is 0 Å². The number of ketones is 1. The molecule has 0 saturated heterocycles. The van der Waals surface area contributed by atoms with Gasteiger partial charge in [0.05, 0.1) is 0 Å². The molecule has 0 bridgehead atoms. The first-order chi connectivity index (χ1) is 3.80. The van der Waals surface area contributed by atoms with Crippen molar-refractivity contribution in [2.45, 2.75) is 6.40 Å². The zero-order chi connectivity index (χ0) is 5.98. The van der Waals surface area contributed by atoms with E-state index in [0.29, 0.717) is 0 Å². The summed E-state index contributed by atoms with van der Waals surface area (Å²) >= 11 is 0. The highest BCUT2D eigenvalue weighted by atomic mass is 16.1. The van der Waals surface area contributed by atoms with Gasteiger partial charge in [-0.15, -0.1) is 0 Å². The van der Waals surface area contributed by atoms with E-state index < -0.39 is 6.40 Å². The summed E-state index contributed by atoms with van der Waals surface area (Å²) in [6.07, 6.45) is 3.24. The van der Waals surface area contributed by atoms with E-state index >= 15 is 0 Å². The van der Waals surface area contributed by atoms with Crippen LogP contribution in [0.4, 0.5) is 0 Å². The van der Waals surface area contributed by atoms with Crippen LogP contribution in [0.1, 0.15) is 7.77 Å². The van der Waals surface area contributed by atoms with Crippen LogP contribution in [0.15, 0.2) is 17.3 Å². The molecule has 1 atom stereocenters. The average molecular weight is 96.1 g/mol. The van der Waals surface area contributed by atoms with Crippen molar-refractivity contribution in [2.75, 3.05) is 0 Å². The van der Waals surface area contributed by atoms with Crippen molar-refractivity contribution in [3.63, 3.8) is 0 Å². The Hall–Kier alpha value is -0.920. The predicted octanol–water partition coefficient (Wildman–Crippen LogP) is 0.544. The molecule has 0 saturated carbocycles. The number of hydrogen-bond acceptors (Lipinski definition) is 2. The van der Waals surface area contributed by atoms with Gasteiger partial charge in [-0.2, -0.15) is 0 Å². The second-order valence-corrected chi connectivity index (χ2v) is 1.18. The molecule has 1 heterocycles. The number of rotatable bonds is 0. The van der Waals surface area contributed by atoms with E-state index in [-0.39, 0.29) is 5.78 Å². The fourth-order valence-corrected chi connectivity index (χ4v) is 0.338. The molecule has 1 aliphatic rings. The van der Waals surface area contributed by atoms with Crippen LogP contribution in [0.2, 0.25) is 0 Å². The van der Waals surface area contributed by atoms with E-state index in [4.69, 9.17) is 1.37 Å². The van der Waals surface area contributed by atoms with Gasteiger partial charge in [0.25, 0.3) is 0 Å². The Labute approximate surface area is 43.0 Å². The fourth-order valence-electron chi connectivity index (χ4n) is 0.338. The summed E-state index contributed by atoms with van der Waals surface area (Å²) in [5.74, 6) is -0.194. The zero-order valence-electron chi connectivity index (χ0n) is 4.66. The Balaban J connectivity index is 2.74. The lowest BCUT2D eigenvalue weighted by Crippen LogP contribution is -1.95. The molecule has 2 heteroatoms. The fraction of sp³-hybridized carbons (Fsp3) is 0.200. The number of aliphatic imine (C=N–C) groups is 1. The van der Waals surface area contributed by atoms with Gasteiger partial charge in [0, 0.05) is 20.2 Å². The monoisotopic (exact) mass is 96.0 g/mol. The molecule has 0 aromatic rings. The van der Waals surface area contributed by atoms with Crippen LogP contribution >= 0.6 is 0 Å². The first kappa shape index (κ1) is 3.13. The quantitative estimate of drug-likeness (QED) is 0.433. The number of carbonyl (C=O) groups is 1. The van der Waals surface area contributed by atoms with Crippen molar-refractivity contribution in [3.05, 3.63) is 12.3 Å². The van der Waals surface area contributed by atoms with E-state index in [2.05, 4.69) is 4.99 Å². The minimum atomic E-state index is -0.764. The summed E-state index contributed by atoms with van der Waals surface area (Å²) < 4.78 is 6.93. The summed E-state index contributed by atoms with van der Waals surface area (Å²) in [6, 6.07) is 0. The average Bonchev–Trinajstić information content (AvgIpc) is 1.77. The maximum absolute atomic E-state index is 10.4. The number of nitrogens with zero attached hydrogens (tertiary/aromatic N) is 1. The third-order valence-electron chi connectivity index (χ3n) is 0.650. The summed E-state index contributed by atoms with van der Waals surface area (Å²) in [7, 11) is 0. The zero-order valence-corrected chi connectivity index (χ0v) is 3.66. The van der Waals surface area contributed by atoms with Crippen LogP contribution in [0.3, 0.4) is 0 Å². The topological polar surface area (TPSA) is 29.4 Å². The van der Waals surface area contributed by atoms with Crippen molar-refractivity contribution in [1.29, 1.82) is 0 Å². The highest BCUT2D eigenvalue weighted by Crippen LogP contribution is 1.88. The summed E-state index contributed by atoms with van der Waals surface area (Å²) in [5, 5.41) is 0. The first-order valence-corrected chi connectivity index (χ1v) is 1.96. The number of hydrogen-bond donors (Lipinski definition) is 0. The van der Waals surface area contributed by atoms with E-state index in [1.165, 1.54) is 18.5 Å². The highest BCUT2D eigenvalue weighted by Gasteiger charge is 1.93. The Kier molecular flexibility index (Phi) is 0.754. The van der Waals surface area contributed by atoms with E-state index in [1.54, 1.807) is 0 Å². The van der Waals surface area contributed by atoms with E-state index in [1.807, 2.05) is 0 Å².